The Morgan fingerprint density at radius 3 is 2.40 bits per heavy atom. The van der Waals surface area contributed by atoms with Crippen molar-refractivity contribution in [2.24, 2.45) is 0 Å². The lowest BCUT2D eigenvalue weighted by molar-refractivity contribution is 0.602. The van der Waals surface area contributed by atoms with Crippen LogP contribution in [0.4, 0.5) is 17.2 Å². The van der Waals surface area contributed by atoms with Crippen molar-refractivity contribution >= 4 is 43.0 Å². The number of nitrogens with zero attached hydrogens (tertiary/aromatic N) is 1. The first-order valence-electron chi connectivity index (χ1n) is 5.77. The maximum Gasteiger partial charge on any atom is 0.175 e. The van der Waals surface area contributed by atoms with Crippen LogP contribution < -0.4 is 11.1 Å². The molecule has 0 saturated heterocycles. The molecule has 1 aromatic heterocycles. The third kappa shape index (κ3) is 3.10. The molecular formula is C13H14BrN3O2S. The second kappa shape index (κ2) is 5.41. The van der Waals surface area contributed by atoms with Crippen LogP contribution in [0.3, 0.4) is 0 Å². The van der Waals surface area contributed by atoms with E-state index < -0.39 is 9.84 Å². The van der Waals surface area contributed by atoms with Crippen LogP contribution in [0.15, 0.2) is 39.8 Å². The minimum Gasteiger partial charge on any atom is -0.397 e. The number of nitrogens with two attached hydrogens (primary N) is 1. The van der Waals surface area contributed by atoms with Gasteiger partial charge >= 0.3 is 0 Å². The van der Waals surface area contributed by atoms with E-state index in [2.05, 4.69) is 26.2 Å². The van der Waals surface area contributed by atoms with Crippen molar-refractivity contribution in [2.75, 3.05) is 17.3 Å². The highest BCUT2D eigenvalue weighted by atomic mass is 79.9. The molecule has 0 saturated carbocycles. The number of hydrogen-bond acceptors (Lipinski definition) is 5. The number of anilines is 3. The lowest BCUT2D eigenvalue weighted by Crippen LogP contribution is -2.00. The molecule has 20 heavy (non-hydrogen) atoms. The summed E-state index contributed by atoms with van der Waals surface area (Å²) in [5.74, 6) is 0.629. The van der Waals surface area contributed by atoms with E-state index in [0.717, 1.165) is 15.7 Å². The van der Waals surface area contributed by atoms with Crippen LogP contribution in [0.1, 0.15) is 5.56 Å². The zero-order valence-corrected chi connectivity index (χ0v) is 13.4. The third-order valence-corrected chi connectivity index (χ3v) is 4.95. The van der Waals surface area contributed by atoms with Crippen molar-refractivity contribution in [1.29, 1.82) is 0 Å². The summed E-state index contributed by atoms with van der Waals surface area (Å²) in [5.41, 5.74) is 8.01. The largest absolute Gasteiger partial charge is 0.397 e. The van der Waals surface area contributed by atoms with Gasteiger partial charge in [-0.05, 0) is 52.7 Å². The fourth-order valence-corrected chi connectivity index (χ4v) is 2.66. The Kier molecular flexibility index (Phi) is 4.01. The van der Waals surface area contributed by atoms with Crippen LogP contribution in [-0.2, 0) is 9.84 Å². The van der Waals surface area contributed by atoms with Crippen LogP contribution in [0.5, 0.6) is 0 Å². The molecular weight excluding hydrogens is 342 g/mol. The maximum absolute atomic E-state index is 11.4. The van der Waals surface area contributed by atoms with Crippen LogP contribution in [0.25, 0.3) is 0 Å². The SMILES string of the molecule is Cc1c(N)cnc(Nc2ccc(S(C)(=O)=O)cc2)c1Br. The predicted octanol–water partition coefficient (Wildman–Crippen LogP) is 2.88. The Balaban J connectivity index is 2.30. The quantitative estimate of drug-likeness (QED) is 0.883. The summed E-state index contributed by atoms with van der Waals surface area (Å²) in [6.45, 7) is 1.89. The van der Waals surface area contributed by atoms with Crippen molar-refractivity contribution in [3.63, 3.8) is 0 Å². The van der Waals surface area contributed by atoms with Gasteiger partial charge in [-0.1, -0.05) is 0 Å². The first kappa shape index (κ1) is 14.8. The number of pyridine rings is 1. The number of rotatable bonds is 3. The fourth-order valence-electron chi connectivity index (χ4n) is 1.60. The van der Waals surface area contributed by atoms with Crippen molar-refractivity contribution in [3.8, 4) is 0 Å². The molecule has 1 aromatic carbocycles. The molecule has 0 unspecified atom stereocenters. The molecule has 2 aromatic rings. The third-order valence-electron chi connectivity index (χ3n) is 2.85. The Hall–Kier alpha value is -1.60. The van der Waals surface area contributed by atoms with Crippen molar-refractivity contribution in [2.45, 2.75) is 11.8 Å². The van der Waals surface area contributed by atoms with Crippen LogP contribution in [0.2, 0.25) is 0 Å². The van der Waals surface area contributed by atoms with E-state index in [0.29, 0.717) is 11.5 Å². The van der Waals surface area contributed by atoms with Gasteiger partial charge in [-0.25, -0.2) is 13.4 Å². The molecule has 0 aliphatic rings. The lowest BCUT2D eigenvalue weighted by Gasteiger charge is -2.11. The highest BCUT2D eigenvalue weighted by Gasteiger charge is 2.09. The summed E-state index contributed by atoms with van der Waals surface area (Å²) in [5, 5.41) is 3.11. The van der Waals surface area contributed by atoms with Gasteiger partial charge in [0.15, 0.2) is 9.84 Å². The predicted molar refractivity (Wildman–Crippen MR) is 83.9 cm³/mol. The molecule has 3 N–H and O–H groups in total. The standard InChI is InChI=1S/C13H14BrN3O2S/c1-8-11(15)7-16-13(12(8)14)17-9-3-5-10(6-4-9)20(2,18)19/h3-7H,15H2,1-2H3,(H,16,17). The maximum atomic E-state index is 11.4. The minimum atomic E-state index is -3.18. The molecule has 1 heterocycles. The van der Waals surface area contributed by atoms with E-state index in [4.69, 9.17) is 5.73 Å². The number of benzene rings is 1. The average Bonchev–Trinajstić information content (AvgIpc) is 2.39. The fraction of sp³-hybridized carbons (Fsp3) is 0.154. The van der Waals surface area contributed by atoms with Crippen molar-refractivity contribution in [3.05, 3.63) is 40.5 Å². The van der Waals surface area contributed by atoms with Gasteiger partial charge < -0.3 is 11.1 Å². The smallest absolute Gasteiger partial charge is 0.175 e. The van der Waals surface area contributed by atoms with E-state index in [1.54, 1.807) is 30.5 Å². The highest BCUT2D eigenvalue weighted by molar-refractivity contribution is 9.10. The second-order valence-corrected chi connectivity index (χ2v) is 7.23. The Bertz CT molecular complexity index is 743. The Labute approximate surface area is 126 Å². The minimum absolute atomic E-state index is 0.281. The monoisotopic (exact) mass is 355 g/mol. The number of sulfone groups is 1. The van der Waals surface area contributed by atoms with E-state index >= 15 is 0 Å². The van der Waals surface area contributed by atoms with Crippen molar-refractivity contribution < 1.29 is 8.42 Å². The molecule has 0 aliphatic heterocycles. The van der Waals surface area contributed by atoms with E-state index in [1.165, 1.54) is 6.26 Å². The summed E-state index contributed by atoms with van der Waals surface area (Å²) in [4.78, 5) is 4.48. The number of hydrogen-bond donors (Lipinski definition) is 2. The molecule has 5 nitrogen and oxygen atoms in total. The van der Waals surface area contributed by atoms with Crippen LogP contribution >= 0.6 is 15.9 Å². The summed E-state index contributed by atoms with van der Waals surface area (Å²) in [7, 11) is -3.18. The first-order chi connectivity index (χ1) is 9.29. The number of nitrogen functional groups attached to an aromatic ring is 1. The molecule has 106 valence electrons. The number of nitrogens with one attached hydrogen (secondary N) is 1. The molecule has 0 aliphatic carbocycles. The van der Waals surface area contributed by atoms with Gasteiger partial charge in [0.1, 0.15) is 5.82 Å². The van der Waals surface area contributed by atoms with Gasteiger partial charge in [0.05, 0.1) is 21.3 Å². The van der Waals surface area contributed by atoms with E-state index in [-0.39, 0.29) is 4.90 Å². The van der Waals surface area contributed by atoms with Gasteiger partial charge in [-0.2, -0.15) is 0 Å². The van der Waals surface area contributed by atoms with Gasteiger partial charge in [-0.3, -0.25) is 0 Å². The van der Waals surface area contributed by atoms with Crippen molar-refractivity contribution in [1.82, 2.24) is 4.98 Å². The molecule has 2 rings (SSSR count). The molecule has 0 amide bonds. The normalized spacial score (nSPS) is 11.3. The van der Waals surface area contributed by atoms with Crippen LogP contribution in [0, 0.1) is 6.92 Å². The summed E-state index contributed by atoms with van der Waals surface area (Å²) < 4.78 is 23.6. The lowest BCUT2D eigenvalue weighted by atomic mass is 10.2. The molecule has 0 radical (unpaired) electrons. The molecule has 7 heteroatoms. The Morgan fingerprint density at radius 2 is 1.85 bits per heavy atom. The number of halogens is 1. The van der Waals surface area contributed by atoms with Gasteiger partial charge in [0.25, 0.3) is 0 Å². The second-order valence-electron chi connectivity index (χ2n) is 4.42. The molecule has 0 atom stereocenters. The summed E-state index contributed by atoms with van der Waals surface area (Å²) >= 11 is 3.43. The zero-order valence-electron chi connectivity index (χ0n) is 11.0. The first-order valence-corrected chi connectivity index (χ1v) is 8.45. The topological polar surface area (TPSA) is 85.1 Å². The summed E-state index contributed by atoms with van der Waals surface area (Å²) in [6.07, 6.45) is 2.75. The van der Waals surface area contributed by atoms with Gasteiger partial charge in [-0.15, -0.1) is 0 Å². The van der Waals surface area contributed by atoms with E-state index in [1.807, 2.05) is 6.92 Å². The zero-order chi connectivity index (χ0) is 14.9. The Morgan fingerprint density at radius 1 is 1.25 bits per heavy atom. The average molecular weight is 356 g/mol. The molecule has 0 bridgehead atoms. The van der Waals surface area contributed by atoms with Crippen LogP contribution in [-0.4, -0.2) is 19.7 Å². The van der Waals surface area contributed by atoms with Gasteiger partial charge in [0.2, 0.25) is 0 Å². The van der Waals surface area contributed by atoms with Gasteiger partial charge in [0, 0.05) is 11.9 Å². The van der Waals surface area contributed by atoms with E-state index in [9.17, 15) is 8.42 Å². The molecule has 0 spiro atoms. The highest BCUT2D eigenvalue weighted by Crippen LogP contribution is 2.30. The number of aromatic nitrogens is 1. The molecule has 0 fully saturated rings. The summed E-state index contributed by atoms with van der Waals surface area (Å²) in [6, 6.07) is 6.48.